The Balaban J connectivity index is 1.78. The van der Waals surface area contributed by atoms with E-state index in [0.29, 0.717) is 37.0 Å². The molecule has 0 bridgehead atoms. The second-order valence-electron chi connectivity index (χ2n) is 8.52. The number of hydrogen-bond acceptors (Lipinski definition) is 4. The molecule has 184 valence electrons. The second kappa shape index (κ2) is 10.4. The fourth-order valence-corrected chi connectivity index (χ4v) is 4.92. The van der Waals surface area contributed by atoms with Crippen LogP contribution in [0.5, 0.6) is 11.5 Å². The first-order valence-corrected chi connectivity index (χ1v) is 11.3. The number of nitrogens with two attached hydrogens (primary N) is 1. The first-order chi connectivity index (χ1) is 16.8. The smallest absolute Gasteiger partial charge is 0.239 e. The SMILES string of the molecule is COc1cc2c(cc1OC)[C@H](CCc1cc(F)cc(F)c1F)N([C@@H](C(N)=O)c1ccccc1)CC2. The molecule has 0 unspecified atom stereocenters. The average molecular weight is 485 g/mol. The third kappa shape index (κ3) is 4.98. The predicted molar refractivity (Wildman–Crippen MR) is 126 cm³/mol. The maximum Gasteiger partial charge on any atom is 0.239 e. The molecule has 2 atom stereocenters. The minimum atomic E-state index is -1.23. The van der Waals surface area contributed by atoms with Crippen LogP contribution < -0.4 is 15.2 Å². The van der Waals surface area contributed by atoms with Crippen molar-refractivity contribution in [3.63, 3.8) is 0 Å². The van der Waals surface area contributed by atoms with Crippen molar-refractivity contribution in [1.82, 2.24) is 4.90 Å². The zero-order valence-electron chi connectivity index (χ0n) is 19.6. The highest BCUT2D eigenvalue weighted by molar-refractivity contribution is 5.81. The number of halogens is 3. The monoisotopic (exact) mass is 484 g/mol. The lowest BCUT2D eigenvalue weighted by Crippen LogP contribution is -2.44. The molecule has 0 aromatic heterocycles. The minimum Gasteiger partial charge on any atom is -0.493 e. The number of amides is 1. The number of methoxy groups -OCH3 is 2. The third-order valence-corrected chi connectivity index (χ3v) is 6.52. The summed E-state index contributed by atoms with van der Waals surface area (Å²) in [6, 6.07) is 13.3. The summed E-state index contributed by atoms with van der Waals surface area (Å²) in [7, 11) is 3.08. The van der Waals surface area contributed by atoms with Crippen LogP contribution >= 0.6 is 0 Å². The van der Waals surface area contributed by atoms with E-state index in [1.165, 1.54) is 7.11 Å². The number of ether oxygens (including phenoxy) is 2. The van der Waals surface area contributed by atoms with E-state index in [1.807, 2.05) is 47.4 Å². The maximum absolute atomic E-state index is 14.4. The Kier molecular flexibility index (Phi) is 7.31. The first-order valence-electron chi connectivity index (χ1n) is 11.3. The molecular weight excluding hydrogens is 457 g/mol. The quantitative estimate of drug-likeness (QED) is 0.463. The van der Waals surface area contributed by atoms with Crippen LogP contribution in [0.15, 0.2) is 54.6 Å². The molecule has 1 aliphatic rings. The molecule has 1 amide bonds. The van der Waals surface area contributed by atoms with E-state index < -0.39 is 35.4 Å². The summed E-state index contributed by atoms with van der Waals surface area (Å²) in [5.74, 6) is -2.58. The van der Waals surface area contributed by atoms with Crippen molar-refractivity contribution in [2.24, 2.45) is 5.73 Å². The lowest BCUT2D eigenvalue weighted by molar-refractivity contribution is -0.124. The van der Waals surface area contributed by atoms with E-state index in [4.69, 9.17) is 15.2 Å². The fraction of sp³-hybridized carbons (Fsp3) is 0.296. The molecule has 0 aliphatic carbocycles. The van der Waals surface area contributed by atoms with Crippen LogP contribution in [0.4, 0.5) is 13.2 Å². The molecule has 1 heterocycles. The highest BCUT2D eigenvalue weighted by Gasteiger charge is 2.36. The number of benzene rings is 3. The van der Waals surface area contributed by atoms with Crippen LogP contribution in [0, 0.1) is 17.5 Å². The largest absolute Gasteiger partial charge is 0.493 e. The molecule has 2 N–H and O–H groups in total. The molecule has 4 rings (SSSR count). The van der Waals surface area contributed by atoms with Gasteiger partial charge in [-0.05, 0) is 59.7 Å². The highest BCUT2D eigenvalue weighted by atomic mass is 19.2. The minimum absolute atomic E-state index is 0.0513. The van der Waals surface area contributed by atoms with Gasteiger partial charge in [-0.25, -0.2) is 13.2 Å². The Morgan fingerprint density at radius 2 is 1.74 bits per heavy atom. The summed E-state index contributed by atoms with van der Waals surface area (Å²) >= 11 is 0. The Morgan fingerprint density at radius 1 is 1.06 bits per heavy atom. The molecule has 0 saturated carbocycles. The van der Waals surface area contributed by atoms with Gasteiger partial charge in [0.25, 0.3) is 0 Å². The van der Waals surface area contributed by atoms with Crippen molar-refractivity contribution < 1.29 is 27.4 Å². The average Bonchev–Trinajstić information content (AvgIpc) is 2.85. The van der Waals surface area contributed by atoms with Crippen LogP contribution in [0.1, 0.15) is 40.8 Å². The summed E-state index contributed by atoms with van der Waals surface area (Å²) in [5.41, 5.74) is 8.40. The van der Waals surface area contributed by atoms with Gasteiger partial charge >= 0.3 is 0 Å². The van der Waals surface area contributed by atoms with Crippen molar-refractivity contribution in [2.75, 3.05) is 20.8 Å². The summed E-state index contributed by atoms with van der Waals surface area (Å²) in [6.45, 7) is 0.496. The van der Waals surface area contributed by atoms with E-state index in [0.717, 1.165) is 22.8 Å². The lowest BCUT2D eigenvalue weighted by Gasteiger charge is -2.41. The Morgan fingerprint density at radius 3 is 2.40 bits per heavy atom. The van der Waals surface area contributed by atoms with E-state index in [1.54, 1.807) is 7.11 Å². The molecule has 5 nitrogen and oxygen atoms in total. The molecule has 0 saturated heterocycles. The van der Waals surface area contributed by atoms with E-state index in [2.05, 4.69) is 0 Å². The Bertz CT molecular complexity index is 1220. The fourth-order valence-electron chi connectivity index (χ4n) is 4.92. The van der Waals surface area contributed by atoms with Crippen molar-refractivity contribution in [3.8, 4) is 11.5 Å². The number of hydrogen-bond donors (Lipinski definition) is 1. The van der Waals surface area contributed by atoms with Crippen molar-refractivity contribution >= 4 is 5.91 Å². The van der Waals surface area contributed by atoms with Crippen molar-refractivity contribution in [1.29, 1.82) is 0 Å². The third-order valence-electron chi connectivity index (χ3n) is 6.52. The number of nitrogens with zero attached hydrogens (tertiary/aromatic N) is 1. The molecule has 3 aromatic carbocycles. The molecule has 0 radical (unpaired) electrons. The van der Waals surface area contributed by atoms with Crippen LogP contribution in [-0.4, -0.2) is 31.6 Å². The summed E-state index contributed by atoms with van der Waals surface area (Å²) in [5, 5.41) is 0. The standard InChI is InChI=1S/C27H27F3N2O3/c1-34-23-13-17-10-11-32(26(27(31)33)16-6-4-3-5-7-16)22(20(17)15-24(23)35-2)9-8-18-12-19(28)14-21(29)25(18)30/h3-7,12-15,22,26H,8-11H2,1-2H3,(H2,31,33)/t22-,26+/m0/s1. The van der Waals surface area contributed by atoms with Crippen LogP contribution in [0.2, 0.25) is 0 Å². The zero-order valence-corrected chi connectivity index (χ0v) is 19.6. The zero-order chi connectivity index (χ0) is 25.1. The highest BCUT2D eigenvalue weighted by Crippen LogP contribution is 2.43. The normalized spacial score (nSPS) is 16.4. The maximum atomic E-state index is 14.4. The number of carbonyl (C=O) groups excluding carboxylic acids is 1. The van der Waals surface area contributed by atoms with Gasteiger partial charge in [-0.3, -0.25) is 9.69 Å². The predicted octanol–water partition coefficient (Wildman–Crippen LogP) is 4.88. The van der Waals surface area contributed by atoms with Gasteiger partial charge in [0.05, 0.1) is 14.2 Å². The van der Waals surface area contributed by atoms with Gasteiger partial charge in [-0.2, -0.15) is 0 Å². The first kappa shape index (κ1) is 24.6. The van der Waals surface area contributed by atoms with Crippen LogP contribution in [0.25, 0.3) is 0 Å². The topological polar surface area (TPSA) is 64.8 Å². The Hall–Kier alpha value is -3.52. The number of rotatable bonds is 8. The van der Waals surface area contributed by atoms with Crippen molar-refractivity contribution in [3.05, 3.63) is 94.3 Å². The summed E-state index contributed by atoms with van der Waals surface area (Å²) in [6.07, 6.45) is 0.959. The van der Waals surface area contributed by atoms with Gasteiger partial charge in [0, 0.05) is 18.7 Å². The summed E-state index contributed by atoms with van der Waals surface area (Å²) < 4.78 is 53.0. The molecule has 35 heavy (non-hydrogen) atoms. The summed E-state index contributed by atoms with van der Waals surface area (Å²) in [4.78, 5) is 14.6. The lowest BCUT2D eigenvalue weighted by atomic mass is 9.86. The van der Waals surface area contributed by atoms with Gasteiger partial charge in [0.2, 0.25) is 5.91 Å². The molecule has 3 aromatic rings. The number of fused-ring (bicyclic) bond motifs is 1. The van der Waals surface area contributed by atoms with Gasteiger partial charge < -0.3 is 15.2 Å². The van der Waals surface area contributed by atoms with Crippen molar-refractivity contribution in [2.45, 2.75) is 31.3 Å². The van der Waals surface area contributed by atoms with Gasteiger partial charge in [0.15, 0.2) is 23.1 Å². The van der Waals surface area contributed by atoms with E-state index in [9.17, 15) is 18.0 Å². The molecule has 0 fully saturated rings. The number of carbonyl (C=O) groups is 1. The van der Waals surface area contributed by atoms with Gasteiger partial charge in [-0.1, -0.05) is 30.3 Å². The van der Waals surface area contributed by atoms with Gasteiger partial charge in [0.1, 0.15) is 11.9 Å². The number of aryl methyl sites for hydroxylation is 1. The molecule has 1 aliphatic heterocycles. The second-order valence-corrected chi connectivity index (χ2v) is 8.52. The molecule has 8 heteroatoms. The van der Waals surface area contributed by atoms with Gasteiger partial charge in [-0.15, -0.1) is 0 Å². The Labute approximate surface area is 202 Å². The van der Waals surface area contributed by atoms with E-state index in [-0.39, 0.29) is 12.0 Å². The van der Waals surface area contributed by atoms with E-state index >= 15 is 0 Å². The van der Waals surface area contributed by atoms with Crippen LogP contribution in [-0.2, 0) is 17.6 Å². The number of primary amides is 1. The molecular formula is C27H27F3N2O3. The van der Waals surface area contributed by atoms with Crippen LogP contribution in [0.3, 0.4) is 0 Å². The molecule has 0 spiro atoms.